The second-order valence-corrected chi connectivity index (χ2v) is 6.36. The molecule has 0 fully saturated rings. The molecule has 1 unspecified atom stereocenters. The SMILES string of the molecule is CC(c1ccc(F)c(F)c1)N(C)Cc1cc(=O)n2cc(Cl)ccc2n1. The maximum absolute atomic E-state index is 13.4. The van der Waals surface area contributed by atoms with E-state index in [-0.39, 0.29) is 11.6 Å². The quantitative estimate of drug-likeness (QED) is 0.707. The van der Waals surface area contributed by atoms with Crippen LogP contribution in [0.3, 0.4) is 0 Å². The second kappa shape index (κ2) is 6.90. The molecule has 0 N–H and O–H groups in total. The van der Waals surface area contributed by atoms with Crippen LogP contribution in [0.25, 0.3) is 5.65 Å². The van der Waals surface area contributed by atoms with Gasteiger partial charge in [-0.05, 0) is 43.8 Å². The highest BCUT2D eigenvalue weighted by molar-refractivity contribution is 6.30. The van der Waals surface area contributed by atoms with E-state index in [0.29, 0.717) is 28.5 Å². The molecule has 0 saturated heterocycles. The smallest absolute Gasteiger partial charge is 0.258 e. The average Bonchev–Trinajstić information content (AvgIpc) is 2.57. The predicted octanol–water partition coefficient (Wildman–Crippen LogP) is 3.82. The summed E-state index contributed by atoms with van der Waals surface area (Å²) in [5, 5.41) is 0.452. The Morgan fingerprint density at radius 3 is 2.68 bits per heavy atom. The molecule has 0 spiro atoms. The highest BCUT2D eigenvalue weighted by Gasteiger charge is 2.15. The van der Waals surface area contributed by atoms with Gasteiger partial charge in [-0.2, -0.15) is 0 Å². The van der Waals surface area contributed by atoms with Crippen LogP contribution in [0.15, 0.2) is 47.4 Å². The van der Waals surface area contributed by atoms with E-state index in [2.05, 4.69) is 4.98 Å². The van der Waals surface area contributed by atoms with Crippen LogP contribution in [0.4, 0.5) is 8.78 Å². The van der Waals surface area contributed by atoms with E-state index in [1.54, 1.807) is 18.2 Å². The van der Waals surface area contributed by atoms with Crippen molar-refractivity contribution in [3.05, 3.63) is 80.9 Å². The van der Waals surface area contributed by atoms with Gasteiger partial charge in [0.1, 0.15) is 5.65 Å². The van der Waals surface area contributed by atoms with Crippen LogP contribution >= 0.6 is 11.6 Å². The van der Waals surface area contributed by atoms with E-state index in [1.807, 2.05) is 18.9 Å². The van der Waals surface area contributed by atoms with Crippen LogP contribution in [0, 0.1) is 11.6 Å². The molecule has 0 aliphatic heterocycles. The minimum Gasteiger partial charge on any atom is -0.294 e. The fourth-order valence-corrected chi connectivity index (χ4v) is 2.79. The Kier molecular flexibility index (Phi) is 4.83. The van der Waals surface area contributed by atoms with Gasteiger partial charge < -0.3 is 0 Å². The number of pyridine rings is 1. The molecule has 4 nitrogen and oxygen atoms in total. The number of aromatic nitrogens is 2. The van der Waals surface area contributed by atoms with Gasteiger partial charge in [0.15, 0.2) is 11.6 Å². The molecule has 1 aromatic carbocycles. The van der Waals surface area contributed by atoms with Crippen LogP contribution in [0.1, 0.15) is 24.2 Å². The monoisotopic (exact) mass is 363 g/mol. The number of nitrogens with zero attached hydrogens (tertiary/aromatic N) is 3. The van der Waals surface area contributed by atoms with Crippen molar-refractivity contribution in [1.29, 1.82) is 0 Å². The van der Waals surface area contributed by atoms with Crippen LogP contribution in [-0.4, -0.2) is 21.3 Å². The van der Waals surface area contributed by atoms with Gasteiger partial charge in [-0.3, -0.25) is 14.1 Å². The van der Waals surface area contributed by atoms with Crippen molar-refractivity contribution in [3.8, 4) is 0 Å². The van der Waals surface area contributed by atoms with Gasteiger partial charge in [0.05, 0.1) is 10.7 Å². The van der Waals surface area contributed by atoms with Gasteiger partial charge in [0.25, 0.3) is 5.56 Å². The third kappa shape index (κ3) is 3.70. The number of halogens is 3. The molecule has 0 aliphatic carbocycles. The standard InChI is InChI=1S/C18H16ClF2N3O/c1-11(12-3-5-15(20)16(21)7-12)23(2)10-14-8-18(25)24-9-13(19)4-6-17(24)22-14/h3-9,11H,10H2,1-2H3. The summed E-state index contributed by atoms with van der Waals surface area (Å²) in [6.07, 6.45) is 1.52. The molecule has 0 saturated carbocycles. The highest BCUT2D eigenvalue weighted by Crippen LogP contribution is 2.22. The van der Waals surface area contributed by atoms with Crippen molar-refractivity contribution in [2.24, 2.45) is 0 Å². The summed E-state index contributed by atoms with van der Waals surface area (Å²) in [5.41, 5.74) is 1.51. The maximum atomic E-state index is 13.4. The number of rotatable bonds is 4. The average molecular weight is 364 g/mol. The molecule has 2 aromatic heterocycles. The molecule has 0 bridgehead atoms. The zero-order chi connectivity index (χ0) is 18.1. The van der Waals surface area contributed by atoms with Crippen molar-refractivity contribution in [2.75, 3.05) is 7.05 Å². The second-order valence-electron chi connectivity index (χ2n) is 5.93. The summed E-state index contributed by atoms with van der Waals surface area (Å²) >= 11 is 5.89. The van der Waals surface area contributed by atoms with E-state index in [0.717, 1.165) is 6.07 Å². The van der Waals surface area contributed by atoms with E-state index in [9.17, 15) is 13.6 Å². The number of hydrogen-bond donors (Lipinski definition) is 0. The minimum absolute atomic E-state index is 0.180. The van der Waals surface area contributed by atoms with Crippen molar-refractivity contribution in [1.82, 2.24) is 14.3 Å². The molecule has 3 rings (SSSR count). The first-order valence-corrected chi connectivity index (χ1v) is 8.06. The van der Waals surface area contributed by atoms with Gasteiger partial charge in [-0.15, -0.1) is 0 Å². The van der Waals surface area contributed by atoms with Crippen LogP contribution < -0.4 is 5.56 Å². The summed E-state index contributed by atoms with van der Waals surface area (Å²) in [4.78, 5) is 18.6. The number of fused-ring (bicyclic) bond motifs is 1. The Balaban J connectivity index is 1.86. The summed E-state index contributed by atoms with van der Waals surface area (Å²) in [6, 6.07) is 8.44. The first-order valence-electron chi connectivity index (χ1n) is 7.68. The molecular weight excluding hydrogens is 348 g/mol. The summed E-state index contributed by atoms with van der Waals surface area (Å²) in [7, 11) is 1.83. The van der Waals surface area contributed by atoms with Gasteiger partial charge >= 0.3 is 0 Å². The van der Waals surface area contributed by atoms with Crippen molar-refractivity contribution in [3.63, 3.8) is 0 Å². The van der Waals surface area contributed by atoms with Gasteiger partial charge in [0.2, 0.25) is 0 Å². The zero-order valence-corrected chi connectivity index (χ0v) is 14.5. The molecule has 0 aliphatic rings. The first-order chi connectivity index (χ1) is 11.8. The lowest BCUT2D eigenvalue weighted by molar-refractivity contribution is 0.249. The molecule has 25 heavy (non-hydrogen) atoms. The Hall–Kier alpha value is -2.31. The normalized spacial score (nSPS) is 12.7. The van der Waals surface area contributed by atoms with Crippen molar-refractivity contribution in [2.45, 2.75) is 19.5 Å². The lowest BCUT2D eigenvalue weighted by Crippen LogP contribution is -2.24. The predicted molar refractivity (Wildman–Crippen MR) is 92.7 cm³/mol. The van der Waals surface area contributed by atoms with E-state index >= 15 is 0 Å². The van der Waals surface area contributed by atoms with E-state index < -0.39 is 11.6 Å². The molecule has 2 heterocycles. The lowest BCUT2D eigenvalue weighted by Gasteiger charge is -2.24. The third-order valence-corrected chi connectivity index (χ3v) is 4.40. The molecular formula is C18H16ClF2N3O. The Bertz CT molecular complexity index is 990. The van der Waals surface area contributed by atoms with Crippen LogP contribution in [-0.2, 0) is 6.54 Å². The summed E-state index contributed by atoms with van der Waals surface area (Å²) in [5.74, 6) is -1.75. The summed E-state index contributed by atoms with van der Waals surface area (Å²) in [6.45, 7) is 2.26. The molecule has 1 atom stereocenters. The Morgan fingerprint density at radius 2 is 1.96 bits per heavy atom. The molecule has 0 amide bonds. The van der Waals surface area contributed by atoms with Crippen molar-refractivity contribution < 1.29 is 8.78 Å². The van der Waals surface area contributed by atoms with Crippen LogP contribution in [0.2, 0.25) is 5.02 Å². The largest absolute Gasteiger partial charge is 0.294 e. The summed E-state index contributed by atoms with van der Waals surface area (Å²) < 4.78 is 27.9. The van der Waals surface area contributed by atoms with Gasteiger partial charge in [0, 0.05) is 24.8 Å². The van der Waals surface area contributed by atoms with E-state index in [1.165, 1.54) is 22.7 Å². The molecule has 0 radical (unpaired) electrons. The van der Waals surface area contributed by atoms with Crippen LogP contribution in [0.5, 0.6) is 0 Å². The lowest BCUT2D eigenvalue weighted by atomic mass is 10.1. The fourth-order valence-electron chi connectivity index (χ4n) is 2.63. The van der Waals surface area contributed by atoms with E-state index in [4.69, 9.17) is 11.6 Å². The molecule has 130 valence electrons. The highest BCUT2D eigenvalue weighted by atomic mass is 35.5. The minimum atomic E-state index is -0.878. The number of benzene rings is 1. The van der Waals surface area contributed by atoms with Crippen molar-refractivity contribution >= 4 is 17.2 Å². The molecule has 3 aromatic rings. The van der Waals surface area contributed by atoms with Gasteiger partial charge in [-0.1, -0.05) is 17.7 Å². The maximum Gasteiger partial charge on any atom is 0.258 e. The van der Waals surface area contributed by atoms with Gasteiger partial charge in [-0.25, -0.2) is 13.8 Å². The Labute approximate surface area is 148 Å². The fraction of sp³-hybridized carbons (Fsp3) is 0.222. The molecule has 7 heteroatoms. The zero-order valence-electron chi connectivity index (χ0n) is 13.7. The first kappa shape index (κ1) is 17.5. The topological polar surface area (TPSA) is 37.6 Å². The third-order valence-electron chi connectivity index (χ3n) is 4.18. The number of hydrogen-bond acceptors (Lipinski definition) is 3. The Morgan fingerprint density at radius 1 is 1.20 bits per heavy atom.